The summed E-state index contributed by atoms with van der Waals surface area (Å²) in [4.78, 5) is 0.134. The molecular formula is C16H27NO3S. The summed E-state index contributed by atoms with van der Waals surface area (Å²) in [6, 6.07) is 5.16. The number of hydrogen-bond donors (Lipinski definition) is 2. The van der Waals surface area contributed by atoms with Crippen LogP contribution in [-0.2, 0) is 15.6 Å². The topological polar surface area (TPSA) is 66.4 Å². The van der Waals surface area contributed by atoms with Crippen molar-refractivity contribution in [3.63, 3.8) is 0 Å². The SMILES string of the molecule is CC(C)c1ccc(S(=O)(=O)NC(C)(C)C)c(C(C)(C)O)c1. The molecule has 4 nitrogen and oxygen atoms in total. The minimum atomic E-state index is -3.68. The van der Waals surface area contributed by atoms with E-state index in [1.54, 1.807) is 52.8 Å². The zero-order valence-electron chi connectivity index (χ0n) is 14.0. The molecule has 0 spiro atoms. The second-order valence-electron chi connectivity index (χ2n) is 7.32. The molecule has 1 aromatic carbocycles. The van der Waals surface area contributed by atoms with E-state index in [-0.39, 0.29) is 10.8 Å². The van der Waals surface area contributed by atoms with Gasteiger partial charge in [-0.3, -0.25) is 0 Å². The molecule has 0 bridgehead atoms. The number of rotatable bonds is 4. The van der Waals surface area contributed by atoms with Crippen LogP contribution in [0.3, 0.4) is 0 Å². The van der Waals surface area contributed by atoms with Crippen molar-refractivity contribution in [1.29, 1.82) is 0 Å². The highest BCUT2D eigenvalue weighted by molar-refractivity contribution is 7.89. The van der Waals surface area contributed by atoms with Crippen LogP contribution in [-0.4, -0.2) is 19.1 Å². The van der Waals surface area contributed by atoms with Gasteiger partial charge in [-0.25, -0.2) is 13.1 Å². The summed E-state index contributed by atoms with van der Waals surface area (Å²) in [5, 5.41) is 10.3. The Labute approximate surface area is 128 Å². The molecule has 0 atom stereocenters. The van der Waals surface area contributed by atoms with Gasteiger partial charge in [-0.15, -0.1) is 0 Å². The average molecular weight is 313 g/mol. The molecule has 0 aliphatic carbocycles. The lowest BCUT2D eigenvalue weighted by molar-refractivity contribution is 0.0753. The Kier molecular flexibility index (Phi) is 4.93. The molecule has 2 N–H and O–H groups in total. The second kappa shape index (κ2) is 5.71. The van der Waals surface area contributed by atoms with E-state index in [9.17, 15) is 13.5 Å². The van der Waals surface area contributed by atoms with Crippen LogP contribution in [0.25, 0.3) is 0 Å². The Morgan fingerprint density at radius 1 is 1.10 bits per heavy atom. The molecule has 0 aromatic heterocycles. The normalized spacial score (nSPS) is 13.8. The third kappa shape index (κ3) is 4.80. The Morgan fingerprint density at radius 3 is 2.00 bits per heavy atom. The summed E-state index contributed by atoms with van der Waals surface area (Å²) >= 11 is 0. The molecule has 0 aliphatic rings. The van der Waals surface area contributed by atoms with Crippen LogP contribution >= 0.6 is 0 Å². The number of sulfonamides is 1. The Morgan fingerprint density at radius 2 is 1.62 bits per heavy atom. The first-order chi connectivity index (χ1) is 9.24. The fraction of sp³-hybridized carbons (Fsp3) is 0.625. The van der Waals surface area contributed by atoms with Crippen LogP contribution in [0.1, 0.15) is 65.5 Å². The third-order valence-corrected chi connectivity index (χ3v) is 4.88. The van der Waals surface area contributed by atoms with E-state index < -0.39 is 21.2 Å². The molecular weight excluding hydrogens is 286 g/mol. The molecule has 1 aromatic rings. The van der Waals surface area contributed by atoms with Crippen LogP contribution < -0.4 is 4.72 Å². The molecule has 0 unspecified atom stereocenters. The second-order valence-corrected chi connectivity index (χ2v) is 8.98. The van der Waals surface area contributed by atoms with E-state index in [1.807, 2.05) is 13.8 Å². The first-order valence-electron chi connectivity index (χ1n) is 7.15. The molecule has 0 aliphatic heterocycles. The van der Waals surface area contributed by atoms with Gasteiger partial charge in [0.15, 0.2) is 0 Å². The van der Waals surface area contributed by atoms with Crippen molar-refractivity contribution in [2.75, 3.05) is 0 Å². The smallest absolute Gasteiger partial charge is 0.241 e. The first kappa shape index (κ1) is 18.1. The van der Waals surface area contributed by atoms with Gasteiger partial charge in [-0.1, -0.05) is 26.0 Å². The van der Waals surface area contributed by atoms with Gasteiger partial charge in [0, 0.05) is 11.1 Å². The van der Waals surface area contributed by atoms with Gasteiger partial charge >= 0.3 is 0 Å². The maximum atomic E-state index is 12.6. The highest BCUT2D eigenvalue weighted by Gasteiger charge is 2.30. The van der Waals surface area contributed by atoms with Gasteiger partial charge in [-0.05, 0) is 52.2 Å². The van der Waals surface area contributed by atoms with Gasteiger partial charge in [0.25, 0.3) is 0 Å². The highest BCUT2D eigenvalue weighted by Crippen LogP contribution is 2.30. The fourth-order valence-electron chi connectivity index (χ4n) is 2.08. The van der Waals surface area contributed by atoms with E-state index in [1.165, 1.54) is 0 Å². The molecule has 0 amide bonds. The Hall–Kier alpha value is -0.910. The van der Waals surface area contributed by atoms with Crippen molar-refractivity contribution < 1.29 is 13.5 Å². The lowest BCUT2D eigenvalue weighted by Gasteiger charge is -2.26. The van der Waals surface area contributed by atoms with E-state index in [0.717, 1.165) is 5.56 Å². The Balaban J connectivity index is 3.50. The molecule has 0 heterocycles. The number of nitrogens with one attached hydrogen (secondary N) is 1. The summed E-state index contributed by atoms with van der Waals surface area (Å²) in [5.74, 6) is 0.262. The van der Waals surface area contributed by atoms with Crippen molar-refractivity contribution in [3.8, 4) is 0 Å². The number of aliphatic hydroxyl groups is 1. The van der Waals surface area contributed by atoms with Gasteiger partial charge < -0.3 is 5.11 Å². The van der Waals surface area contributed by atoms with Crippen LogP contribution in [0, 0.1) is 0 Å². The summed E-state index contributed by atoms with van der Waals surface area (Å²) in [7, 11) is -3.68. The minimum absolute atomic E-state index is 0.134. The first-order valence-corrected chi connectivity index (χ1v) is 8.63. The van der Waals surface area contributed by atoms with Gasteiger partial charge in [0.2, 0.25) is 10.0 Å². The van der Waals surface area contributed by atoms with Crippen molar-refractivity contribution in [1.82, 2.24) is 4.72 Å². The molecule has 0 saturated heterocycles. The van der Waals surface area contributed by atoms with Gasteiger partial charge in [0.1, 0.15) is 0 Å². The lowest BCUT2D eigenvalue weighted by atomic mass is 9.93. The van der Waals surface area contributed by atoms with E-state index in [4.69, 9.17) is 0 Å². The van der Waals surface area contributed by atoms with Crippen molar-refractivity contribution in [3.05, 3.63) is 29.3 Å². The monoisotopic (exact) mass is 313 g/mol. The minimum Gasteiger partial charge on any atom is -0.386 e. The molecule has 0 fully saturated rings. The molecule has 1 rings (SSSR count). The summed E-state index contributed by atoms with van der Waals surface area (Å²) in [6.07, 6.45) is 0. The van der Waals surface area contributed by atoms with Crippen molar-refractivity contribution in [2.24, 2.45) is 0 Å². The van der Waals surface area contributed by atoms with E-state index >= 15 is 0 Å². The standard InChI is InChI=1S/C16H27NO3S/c1-11(2)12-8-9-14(13(10-12)16(6,7)18)21(19,20)17-15(3,4)5/h8-11,17-18H,1-7H3. The van der Waals surface area contributed by atoms with Crippen molar-refractivity contribution >= 4 is 10.0 Å². The van der Waals surface area contributed by atoms with Crippen LogP contribution in [0.5, 0.6) is 0 Å². The van der Waals surface area contributed by atoms with Crippen molar-refractivity contribution in [2.45, 2.75) is 70.4 Å². The van der Waals surface area contributed by atoms with Gasteiger partial charge in [0.05, 0.1) is 10.5 Å². The fourth-order valence-corrected chi connectivity index (χ4v) is 3.84. The maximum Gasteiger partial charge on any atom is 0.241 e. The van der Waals surface area contributed by atoms with E-state index in [0.29, 0.717) is 5.56 Å². The quantitative estimate of drug-likeness (QED) is 0.897. The molecule has 0 saturated carbocycles. The Bertz CT molecular complexity index is 605. The molecule has 120 valence electrons. The molecule has 0 radical (unpaired) electrons. The highest BCUT2D eigenvalue weighted by atomic mass is 32.2. The van der Waals surface area contributed by atoms with Crippen LogP contribution in [0.2, 0.25) is 0 Å². The zero-order valence-corrected chi connectivity index (χ0v) is 14.8. The third-order valence-electron chi connectivity index (χ3n) is 3.06. The van der Waals surface area contributed by atoms with Crippen LogP contribution in [0.4, 0.5) is 0 Å². The van der Waals surface area contributed by atoms with Crippen LogP contribution in [0.15, 0.2) is 23.1 Å². The number of benzene rings is 1. The average Bonchev–Trinajstić information content (AvgIpc) is 2.23. The van der Waals surface area contributed by atoms with Gasteiger partial charge in [-0.2, -0.15) is 0 Å². The molecule has 5 heteroatoms. The predicted octanol–water partition coefficient (Wildman–Crippen LogP) is 3.11. The number of hydrogen-bond acceptors (Lipinski definition) is 3. The molecule has 21 heavy (non-hydrogen) atoms. The zero-order chi connectivity index (χ0) is 16.6. The maximum absolute atomic E-state index is 12.6. The predicted molar refractivity (Wildman–Crippen MR) is 85.9 cm³/mol. The van der Waals surface area contributed by atoms with E-state index in [2.05, 4.69) is 4.72 Å². The summed E-state index contributed by atoms with van der Waals surface area (Å²) in [6.45, 7) is 12.6. The summed E-state index contributed by atoms with van der Waals surface area (Å²) in [5.41, 5.74) is -0.383. The largest absolute Gasteiger partial charge is 0.386 e. The lowest BCUT2D eigenvalue weighted by Crippen LogP contribution is -2.41. The summed E-state index contributed by atoms with van der Waals surface area (Å²) < 4.78 is 27.8.